The molecule has 1 aliphatic heterocycles. The second kappa shape index (κ2) is 5.53. The molecule has 2 fully saturated rings. The smallest absolute Gasteiger partial charge is 0.243 e. The fourth-order valence-corrected chi connectivity index (χ4v) is 3.11. The summed E-state index contributed by atoms with van der Waals surface area (Å²) in [5.74, 6) is 0.126. The topological polar surface area (TPSA) is 44.1 Å². The van der Waals surface area contributed by atoms with E-state index in [9.17, 15) is 10.1 Å². The summed E-state index contributed by atoms with van der Waals surface area (Å²) in [7, 11) is 0. The minimum atomic E-state index is -0.678. The molecule has 0 N–H and O–H groups in total. The van der Waals surface area contributed by atoms with Gasteiger partial charge in [0.15, 0.2) is 0 Å². The lowest BCUT2D eigenvalue weighted by Crippen LogP contribution is -2.44. The summed E-state index contributed by atoms with van der Waals surface area (Å²) in [6, 6.07) is 2.34. The number of hydrogen-bond acceptors (Lipinski definition) is 2. The molecular weight excluding hydrogens is 212 g/mol. The summed E-state index contributed by atoms with van der Waals surface area (Å²) in [6.07, 6.45) is 9.46. The average Bonchev–Trinajstić information content (AvgIpc) is 2.67. The molecule has 0 aromatic heterocycles. The molecule has 0 bridgehead atoms. The summed E-state index contributed by atoms with van der Waals surface area (Å²) in [6.45, 7) is 1.73. The Bertz CT molecular complexity index is 305. The third-order valence-corrected chi connectivity index (χ3v) is 4.22. The highest BCUT2D eigenvalue weighted by Crippen LogP contribution is 2.37. The molecule has 94 valence electrons. The molecule has 0 radical (unpaired) electrons. The summed E-state index contributed by atoms with van der Waals surface area (Å²) in [5, 5.41) is 9.42. The Morgan fingerprint density at radius 1 is 0.941 bits per heavy atom. The van der Waals surface area contributed by atoms with E-state index in [4.69, 9.17) is 0 Å². The predicted octanol–water partition coefficient (Wildman–Crippen LogP) is 2.86. The van der Waals surface area contributed by atoms with Crippen molar-refractivity contribution in [3.63, 3.8) is 0 Å². The maximum Gasteiger partial charge on any atom is 0.243 e. The Balaban J connectivity index is 2.07. The van der Waals surface area contributed by atoms with Crippen molar-refractivity contribution in [2.75, 3.05) is 13.1 Å². The van der Waals surface area contributed by atoms with E-state index < -0.39 is 5.41 Å². The van der Waals surface area contributed by atoms with Crippen LogP contribution in [0.15, 0.2) is 0 Å². The SMILES string of the molecule is N#CC1(C(=O)N2CCCCCC2)CCCCC1. The average molecular weight is 234 g/mol. The van der Waals surface area contributed by atoms with Crippen molar-refractivity contribution in [2.45, 2.75) is 57.8 Å². The van der Waals surface area contributed by atoms with Gasteiger partial charge in [0.2, 0.25) is 5.91 Å². The standard InChI is InChI=1S/C14H22N2O/c15-12-14(8-4-3-5-9-14)13(17)16-10-6-1-2-7-11-16/h1-11H2. The number of nitrogens with zero attached hydrogens (tertiary/aromatic N) is 2. The highest BCUT2D eigenvalue weighted by Gasteiger charge is 2.42. The van der Waals surface area contributed by atoms with Gasteiger partial charge in [-0.2, -0.15) is 5.26 Å². The Labute approximate surface area is 104 Å². The van der Waals surface area contributed by atoms with Crippen molar-refractivity contribution < 1.29 is 4.79 Å². The lowest BCUT2D eigenvalue weighted by molar-refractivity contribution is -0.140. The van der Waals surface area contributed by atoms with E-state index in [1.54, 1.807) is 0 Å². The van der Waals surface area contributed by atoms with E-state index in [-0.39, 0.29) is 5.91 Å². The van der Waals surface area contributed by atoms with Crippen LogP contribution in [-0.4, -0.2) is 23.9 Å². The molecule has 1 amide bonds. The van der Waals surface area contributed by atoms with Gasteiger partial charge in [0.25, 0.3) is 0 Å². The zero-order valence-corrected chi connectivity index (χ0v) is 10.6. The predicted molar refractivity (Wildman–Crippen MR) is 66.2 cm³/mol. The van der Waals surface area contributed by atoms with Crippen LogP contribution in [0, 0.1) is 16.7 Å². The Hall–Kier alpha value is -1.04. The molecule has 0 unspecified atom stereocenters. The number of amides is 1. The first-order valence-corrected chi connectivity index (χ1v) is 6.99. The summed E-state index contributed by atoms with van der Waals surface area (Å²) >= 11 is 0. The van der Waals surface area contributed by atoms with Gasteiger partial charge in [0, 0.05) is 13.1 Å². The molecule has 0 aromatic rings. The molecule has 3 nitrogen and oxygen atoms in total. The first-order chi connectivity index (χ1) is 8.28. The van der Waals surface area contributed by atoms with Gasteiger partial charge < -0.3 is 4.90 Å². The quantitative estimate of drug-likeness (QED) is 0.700. The molecule has 2 aliphatic rings. The van der Waals surface area contributed by atoms with Crippen molar-refractivity contribution >= 4 is 5.91 Å². The van der Waals surface area contributed by atoms with E-state index in [1.165, 1.54) is 19.3 Å². The fraction of sp³-hybridized carbons (Fsp3) is 0.857. The number of hydrogen-bond donors (Lipinski definition) is 0. The molecular formula is C14H22N2O. The van der Waals surface area contributed by atoms with Crippen molar-refractivity contribution in [1.82, 2.24) is 4.90 Å². The highest BCUT2D eigenvalue weighted by atomic mass is 16.2. The molecule has 0 aromatic carbocycles. The van der Waals surface area contributed by atoms with Crippen molar-refractivity contribution in [2.24, 2.45) is 5.41 Å². The van der Waals surface area contributed by atoms with Gasteiger partial charge in [-0.05, 0) is 25.7 Å². The largest absolute Gasteiger partial charge is 0.341 e. The van der Waals surface area contributed by atoms with Crippen LogP contribution in [-0.2, 0) is 4.79 Å². The van der Waals surface area contributed by atoms with Gasteiger partial charge in [0.05, 0.1) is 6.07 Å². The maximum absolute atomic E-state index is 12.6. The molecule has 1 saturated heterocycles. The number of rotatable bonds is 1. The van der Waals surface area contributed by atoms with Crippen LogP contribution in [0.1, 0.15) is 57.8 Å². The van der Waals surface area contributed by atoms with Crippen LogP contribution in [0.5, 0.6) is 0 Å². The zero-order valence-electron chi connectivity index (χ0n) is 10.6. The van der Waals surface area contributed by atoms with Crippen LogP contribution in [0.25, 0.3) is 0 Å². The van der Waals surface area contributed by atoms with Gasteiger partial charge in [-0.3, -0.25) is 4.79 Å². The van der Waals surface area contributed by atoms with Crippen LogP contribution in [0.2, 0.25) is 0 Å². The summed E-state index contributed by atoms with van der Waals surface area (Å²) in [4.78, 5) is 14.5. The zero-order chi connectivity index (χ0) is 12.1. The van der Waals surface area contributed by atoms with Crippen molar-refractivity contribution in [3.05, 3.63) is 0 Å². The van der Waals surface area contributed by atoms with Crippen molar-refractivity contribution in [1.29, 1.82) is 5.26 Å². The molecule has 1 heterocycles. The fourth-order valence-electron chi connectivity index (χ4n) is 3.11. The van der Waals surface area contributed by atoms with Gasteiger partial charge in [-0.15, -0.1) is 0 Å². The van der Waals surface area contributed by atoms with E-state index in [0.717, 1.165) is 51.6 Å². The van der Waals surface area contributed by atoms with E-state index in [0.29, 0.717) is 0 Å². The van der Waals surface area contributed by atoms with E-state index >= 15 is 0 Å². The van der Waals surface area contributed by atoms with Gasteiger partial charge in [-0.25, -0.2) is 0 Å². The number of nitriles is 1. The second-order valence-electron chi connectivity index (χ2n) is 5.46. The normalized spacial score (nSPS) is 24.8. The third kappa shape index (κ3) is 2.62. The molecule has 2 rings (SSSR count). The van der Waals surface area contributed by atoms with Gasteiger partial charge in [0.1, 0.15) is 5.41 Å². The Morgan fingerprint density at radius 2 is 1.47 bits per heavy atom. The van der Waals surface area contributed by atoms with Gasteiger partial charge >= 0.3 is 0 Å². The number of carbonyl (C=O) groups excluding carboxylic acids is 1. The molecule has 1 aliphatic carbocycles. The lowest BCUT2D eigenvalue weighted by Gasteiger charge is -2.34. The first-order valence-electron chi connectivity index (χ1n) is 6.99. The molecule has 3 heteroatoms. The number of carbonyl (C=O) groups is 1. The van der Waals surface area contributed by atoms with Crippen molar-refractivity contribution in [3.8, 4) is 6.07 Å². The maximum atomic E-state index is 12.6. The van der Waals surface area contributed by atoms with Crippen LogP contribution < -0.4 is 0 Å². The van der Waals surface area contributed by atoms with Crippen LogP contribution in [0.4, 0.5) is 0 Å². The summed E-state index contributed by atoms with van der Waals surface area (Å²) in [5.41, 5.74) is -0.678. The van der Waals surface area contributed by atoms with E-state index in [2.05, 4.69) is 6.07 Å². The minimum absolute atomic E-state index is 0.126. The van der Waals surface area contributed by atoms with Crippen LogP contribution >= 0.6 is 0 Å². The molecule has 1 saturated carbocycles. The first kappa shape index (κ1) is 12.4. The summed E-state index contributed by atoms with van der Waals surface area (Å²) < 4.78 is 0. The Morgan fingerprint density at radius 3 is 2.00 bits per heavy atom. The third-order valence-electron chi connectivity index (χ3n) is 4.22. The lowest BCUT2D eigenvalue weighted by atomic mass is 9.74. The minimum Gasteiger partial charge on any atom is -0.341 e. The Kier molecular flexibility index (Phi) is 4.04. The van der Waals surface area contributed by atoms with E-state index in [1.807, 2.05) is 4.90 Å². The molecule has 17 heavy (non-hydrogen) atoms. The molecule has 0 spiro atoms. The molecule has 0 atom stereocenters. The highest BCUT2D eigenvalue weighted by molar-refractivity contribution is 5.85. The van der Waals surface area contributed by atoms with Crippen LogP contribution in [0.3, 0.4) is 0 Å². The number of likely N-dealkylation sites (tertiary alicyclic amines) is 1. The monoisotopic (exact) mass is 234 g/mol. The van der Waals surface area contributed by atoms with Gasteiger partial charge in [-0.1, -0.05) is 32.1 Å². The second-order valence-corrected chi connectivity index (χ2v) is 5.46.